The maximum atomic E-state index is 12.8. The second-order valence-electron chi connectivity index (χ2n) is 4.83. The first-order valence-corrected chi connectivity index (χ1v) is 7.13. The van der Waals surface area contributed by atoms with Gasteiger partial charge in [0.1, 0.15) is 0 Å². The highest BCUT2D eigenvalue weighted by atomic mass is 79.9. The molecule has 3 N–H and O–H groups in total. The van der Waals surface area contributed by atoms with Crippen LogP contribution in [0.3, 0.4) is 0 Å². The lowest BCUT2D eigenvalue weighted by molar-refractivity contribution is -0.137. The highest BCUT2D eigenvalue weighted by Gasteiger charge is 2.33. The first-order valence-electron chi connectivity index (χ1n) is 6.34. The predicted molar refractivity (Wildman–Crippen MR) is 72.8 cm³/mol. The van der Waals surface area contributed by atoms with Crippen molar-refractivity contribution < 1.29 is 17.9 Å². The van der Waals surface area contributed by atoms with E-state index in [0.29, 0.717) is 23.2 Å². The molecule has 1 atom stereocenters. The van der Waals surface area contributed by atoms with Crippen LogP contribution in [0.5, 0.6) is 0 Å². The Morgan fingerprint density at radius 2 is 1.95 bits per heavy atom. The molecule has 7 heteroatoms. The van der Waals surface area contributed by atoms with Crippen LogP contribution in [0.4, 0.5) is 13.2 Å². The summed E-state index contributed by atoms with van der Waals surface area (Å²) in [7, 11) is 0. The summed E-state index contributed by atoms with van der Waals surface area (Å²) in [6.07, 6.45) is -2.81. The molecule has 0 radical (unpaired) electrons. The van der Waals surface area contributed by atoms with E-state index < -0.39 is 11.7 Å². The smallest absolute Gasteiger partial charge is 0.381 e. The zero-order valence-corrected chi connectivity index (χ0v) is 12.3. The molecule has 1 aliphatic heterocycles. The fourth-order valence-corrected chi connectivity index (χ4v) is 2.98. The molecule has 2 rings (SSSR count). The van der Waals surface area contributed by atoms with Gasteiger partial charge < -0.3 is 4.74 Å². The normalized spacial score (nSPS) is 19.1. The van der Waals surface area contributed by atoms with Crippen molar-refractivity contribution in [1.29, 1.82) is 0 Å². The Hall–Kier alpha value is -0.630. The average molecular weight is 353 g/mol. The molecule has 20 heavy (non-hydrogen) atoms. The number of nitrogens with one attached hydrogen (secondary N) is 1. The first kappa shape index (κ1) is 15.8. The standard InChI is InChI=1S/C13H16BrF3N2O/c14-11-2-1-9(13(15,16)17)7-10(11)12(19-18)8-3-5-20-6-4-8/h1-2,7-8,12,19H,3-6,18H2. The van der Waals surface area contributed by atoms with Crippen molar-refractivity contribution in [3.8, 4) is 0 Å². The topological polar surface area (TPSA) is 47.3 Å². The van der Waals surface area contributed by atoms with Crippen LogP contribution in [-0.4, -0.2) is 13.2 Å². The van der Waals surface area contributed by atoms with Gasteiger partial charge in [-0.25, -0.2) is 0 Å². The van der Waals surface area contributed by atoms with Crippen LogP contribution in [0.2, 0.25) is 0 Å². The third-order valence-electron chi connectivity index (χ3n) is 3.58. The molecule has 3 nitrogen and oxygen atoms in total. The summed E-state index contributed by atoms with van der Waals surface area (Å²) < 4.78 is 44.4. The Balaban J connectivity index is 2.32. The summed E-state index contributed by atoms with van der Waals surface area (Å²) >= 11 is 3.31. The number of halogens is 4. The molecule has 1 aliphatic rings. The molecular weight excluding hydrogens is 337 g/mol. The SMILES string of the molecule is NNC(c1cc(C(F)(F)F)ccc1Br)C1CCOCC1. The lowest BCUT2D eigenvalue weighted by atomic mass is 9.87. The van der Waals surface area contributed by atoms with Crippen molar-refractivity contribution in [2.24, 2.45) is 11.8 Å². The van der Waals surface area contributed by atoms with Crippen LogP contribution in [-0.2, 0) is 10.9 Å². The fraction of sp³-hybridized carbons (Fsp3) is 0.538. The van der Waals surface area contributed by atoms with E-state index in [2.05, 4.69) is 21.4 Å². The van der Waals surface area contributed by atoms with E-state index in [9.17, 15) is 13.2 Å². The van der Waals surface area contributed by atoms with Gasteiger partial charge >= 0.3 is 6.18 Å². The molecule has 1 unspecified atom stereocenters. The van der Waals surface area contributed by atoms with Gasteiger partial charge in [0.2, 0.25) is 0 Å². The number of nitrogens with two attached hydrogens (primary N) is 1. The Kier molecular flexibility index (Phi) is 5.06. The van der Waals surface area contributed by atoms with Crippen LogP contribution in [0.1, 0.15) is 30.0 Å². The molecule has 1 aromatic carbocycles. The number of ether oxygens (including phenoxy) is 1. The van der Waals surface area contributed by atoms with Gasteiger partial charge in [0.05, 0.1) is 11.6 Å². The van der Waals surface area contributed by atoms with Crippen LogP contribution < -0.4 is 11.3 Å². The fourth-order valence-electron chi connectivity index (χ4n) is 2.49. The van der Waals surface area contributed by atoms with Gasteiger partial charge in [-0.15, -0.1) is 0 Å². The Morgan fingerprint density at radius 1 is 1.30 bits per heavy atom. The molecule has 0 bridgehead atoms. The minimum Gasteiger partial charge on any atom is -0.381 e. The van der Waals surface area contributed by atoms with Gasteiger partial charge in [-0.2, -0.15) is 13.2 Å². The monoisotopic (exact) mass is 352 g/mol. The Labute approximate surface area is 123 Å². The Bertz CT molecular complexity index is 461. The number of rotatable bonds is 3. The molecule has 1 heterocycles. The number of hydrazine groups is 1. The number of alkyl halides is 3. The summed E-state index contributed by atoms with van der Waals surface area (Å²) in [5.41, 5.74) is 2.53. The molecule has 1 saturated heterocycles. The van der Waals surface area contributed by atoms with Gasteiger partial charge in [-0.1, -0.05) is 15.9 Å². The number of benzene rings is 1. The third kappa shape index (κ3) is 3.52. The van der Waals surface area contributed by atoms with E-state index in [4.69, 9.17) is 10.6 Å². The largest absolute Gasteiger partial charge is 0.416 e. The van der Waals surface area contributed by atoms with Gasteiger partial charge in [-0.3, -0.25) is 11.3 Å². The lowest BCUT2D eigenvalue weighted by Crippen LogP contribution is -2.36. The molecule has 0 aliphatic carbocycles. The van der Waals surface area contributed by atoms with Crippen molar-refractivity contribution in [3.63, 3.8) is 0 Å². The average Bonchev–Trinajstić information content (AvgIpc) is 2.41. The Morgan fingerprint density at radius 3 is 2.50 bits per heavy atom. The van der Waals surface area contributed by atoms with E-state index in [1.165, 1.54) is 6.07 Å². The molecule has 0 saturated carbocycles. The zero-order valence-electron chi connectivity index (χ0n) is 10.7. The van der Waals surface area contributed by atoms with Crippen molar-refractivity contribution in [2.75, 3.05) is 13.2 Å². The van der Waals surface area contributed by atoms with Gasteiger partial charge in [0.15, 0.2) is 0 Å². The van der Waals surface area contributed by atoms with Crippen molar-refractivity contribution in [2.45, 2.75) is 25.1 Å². The van der Waals surface area contributed by atoms with Gasteiger partial charge in [0, 0.05) is 17.7 Å². The maximum Gasteiger partial charge on any atom is 0.416 e. The van der Waals surface area contributed by atoms with Crippen LogP contribution in [0.15, 0.2) is 22.7 Å². The van der Waals surface area contributed by atoms with E-state index >= 15 is 0 Å². The number of hydrogen-bond donors (Lipinski definition) is 2. The van der Waals surface area contributed by atoms with E-state index in [0.717, 1.165) is 25.0 Å². The predicted octanol–water partition coefficient (Wildman–Crippen LogP) is 3.40. The second-order valence-corrected chi connectivity index (χ2v) is 5.68. The van der Waals surface area contributed by atoms with E-state index in [1.807, 2.05) is 0 Å². The second kappa shape index (κ2) is 6.43. The summed E-state index contributed by atoms with van der Waals surface area (Å²) in [6.45, 7) is 1.22. The quantitative estimate of drug-likeness (QED) is 0.647. The molecule has 112 valence electrons. The molecular formula is C13H16BrF3N2O. The van der Waals surface area contributed by atoms with E-state index in [1.54, 1.807) is 0 Å². The van der Waals surface area contributed by atoms with Crippen molar-refractivity contribution in [3.05, 3.63) is 33.8 Å². The van der Waals surface area contributed by atoms with Gasteiger partial charge in [-0.05, 0) is 42.5 Å². The molecule has 0 aromatic heterocycles. The molecule has 0 spiro atoms. The summed E-state index contributed by atoms with van der Waals surface area (Å²) in [4.78, 5) is 0. The lowest BCUT2D eigenvalue weighted by Gasteiger charge is -2.31. The summed E-state index contributed by atoms with van der Waals surface area (Å²) in [6, 6.07) is 3.31. The minimum absolute atomic E-state index is 0.161. The zero-order chi connectivity index (χ0) is 14.8. The van der Waals surface area contributed by atoms with E-state index in [-0.39, 0.29) is 12.0 Å². The van der Waals surface area contributed by atoms with Crippen LogP contribution in [0.25, 0.3) is 0 Å². The molecule has 0 amide bonds. The third-order valence-corrected chi connectivity index (χ3v) is 4.30. The van der Waals surface area contributed by atoms with Crippen LogP contribution >= 0.6 is 15.9 Å². The van der Waals surface area contributed by atoms with Crippen molar-refractivity contribution >= 4 is 15.9 Å². The molecule has 1 aromatic rings. The summed E-state index contributed by atoms with van der Waals surface area (Å²) in [5, 5.41) is 0. The highest BCUT2D eigenvalue weighted by molar-refractivity contribution is 9.10. The summed E-state index contributed by atoms with van der Waals surface area (Å²) in [5.74, 6) is 5.73. The highest BCUT2D eigenvalue weighted by Crippen LogP contribution is 2.37. The maximum absolute atomic E-state index is 12.8. The first-order chi connectivity index (χ1) is 9.43. The van der Waals surface area contributed by atoms with Crippen molar-refractivity contribution in [1.82, 2.24) is 5.43 Å². The minimum atomic E-state index is -4.36. The van der Waals surface area contributed by atoms with Crippen LogP contribution in [0, 0.1) is 5.92 Å². The van der Waals surface area contributed by atoms with Gasteiger partial charge in [0.25, 0.3) is 0 Å². The number of hydrogen-bond acceptors (Lipinski definition) is 3. The molecule has 1 fully saturated rings.